The molecule has 1 aromatic heterocycles. The Bertz CT molecular complexity index is 1030. The fraction of sp³-hybridized carbons (Fsp3) is 0.238. The number of ether oxygens (including phenoxy) is 2. The third-order valence-electron chi connectivity index (χ3n) is 5.04. The van der Waals surface area contributed by atoms with Crippen molar-refractivity contribution in [2.75, 3.05) is 13.2 Å². The maximum atomic E-state index is 13.0. The predicted octanol–water partition coefficient (Wildman–Crippen LogP) is 3.72. The fourth-order valence-corrected chi connectivity index (χ4v) is 3.70. The summed E-state index contributed by atoms with van der Waals surface area (Å²) in [4.78, 5) is 14.8. The molecule has 142 valence electrons. The van der Waals surface area contributed by atoms with Gasteiger partial charge in [-0.15, -0.1) is 0 Å². The molecule has 0 fully saturated rings. The number of fused-ring (bicyclic) bond motifs is 2. The van der Waals surface area contributed by atoms with E-state index in [9.17, 15) is 4.79 Å². The predicted molar refractivity (Wildman–Crippen MR) is 102 cm³/mol. The van der Waals surface area contributed by atoms with E-state index in [-0.39, 0.29) is 12.5 Å². The fourth-order valence-electron chi connectivity index (χ4n) is 3.57. The van der Waals surface area contributed by atoms with E-state index in [2.05, 4.69) is 5.16 Å². The second kappa shape index (κ2) is 6.87. The Kier molecular flexibility index (Phi) is 4.20. The number of nitrogens with zero attached hydrogens (tertiary/aromatic N) is 2. The number of amides is 1. The second-order valence-corrected chi connectivity index (χ2v) is 7.25. The topological polar surface area (TPSA) is 64.8 Å². The summed E-state index contributed by atoms with van der Waals surface area (Å²) in [5.41, 5.74) is 2.71. The number of rotatable bonds is 2. The number of aromatic nitrogens is 1. The smallest absolute Gasteiger partial charge is 0.267 e. The first kappa shape index (κ1) is 17.1. The van der Waals surface area contributed by atoms with E-state index < -0.39 is 6.10 Å². The van der Waals surface area contributed by atoms with Crippen LogP contribution < -0.4 is 9.47 Å². The molecule has 1 atom stereocenters. The van der Waals surface area contributed by atoms with Crippen molar-refractivity contribution in [3.63, 3.8) is 0 Å². The van der Waals surface area contributed by atoms with E-state index in [1.807, 2.05) is 48.5 Å². The molecule has 3 heterocycles. The molecule has 2 aromatic carbocycles. The van der Waals surface area contributed by atoms with Crippen LogP contribution in [0, 0.1) is 0 Å². The Morgan fingerprint density at radius 3 is 2.71 bits per heavy atom. The molecule has 2 aliphatic heterocycles. The van der Waals surface area contributed by atoms with Crippen molar-refractivity contribution < 1.29 is 18.8 Å². The molecule has 0 bridgehead atoms. The van der Waals surface area contributed by atoms with Gasteiger partial charge in [0.2, 0.25) is 6.10 Å². The molecule has 7 heteroatoms. The molecule has 28 heavy (non-hydrogen) atoms. The summed E-state index contributed by atoms with van der Waals surface area (Å²) in [6.07, 6.45) is -0.0159. The van der Waals surface area contributed by atoms with Gasteiger partial charge in [0.1, 0.15) is 6.61 Å². The van der Waals surface area contributed by atoms with Crippen LogP contribution in [0.5, 0.6) is 11.5 Å². The summed E-state index contributed by atoms with van der Waals surface area (Å²) < 4.78 is 17.1. The summed E-state index contributed by atoms with van der Waals surface area (Å²) in [6.45, 7) is 1.20. The van der Waals surface area contributed by atoms with Crippen molar-refractivity contribution >= 4 is 17.5 Å². The third-order valence-corrected chi connectivity index (χ3v) is 5.29. The van der Waals surface area contributed by atoms with Gasteiger partial charge in [-0.1, -0.05) is 28.9 Å². The largest absolute Gasteiger partial charge is 0.485 e. The van der Waals surface area contributed by atoms with Gasteiger partial charge in [0.25, 0.3) is 5.91 Å². The first-order valence-corrected chi connectivity index (χ1v) is 9.47. The molecule has 0 saturated heterocycles. The van der Waals surface area contributed by atoms with Gasteiger partial charge < -0.3 is 18.9 Å². The monoisotopic (exact) mass is 396 g/mol. The Morgan fingerprint density at radius 2 is 1.89 bits per heavy atom. The van der Waals surface area contributed by atoms with Crippen LogP contribution in [0.15, 0.2) is 53.1 Å². The van der Waals surface area contributed by atoms with Crippen LogP contribution in [0.4, 0.5) is 0 Å². The number of hydrogen-bond acceptors (Lipinski definition) is 5. The van der Waals surface area contributed by atoms with Gasteiger partial charge in [-0.25, -0.2) is 0 Å². The number of carbonyl (C=O) groups excluding carboxylic acids is 1. The highest BCUT2D eigenvalue weighted by Crippen LogP contribution is 2.34. The van der Waals surface area contributed by atoms with Gasteiger partial charge in [-0.3, -0.25) is 4.79 Å². The lowest BCUT2D eigenvalue weighted by Gasteiger charge is -2.32. The average Bonchev–Trinajstić information content (AvgIpc) is 3.16. The van der Waals surface area contributed by atoms with E-state index in [1.165, 1.54) is 0 Å². The van der Waals surface area contributed by atoms with Gasteiger partial charge in [-0.05, 0) is 36.4 Å². The van der Waals surface area contributed by atoms with E-state index in [1.54, 1.807) is 4.90 Å². The summed E-state index contributed by atoms with van der Waals surface area (Å²) >= 11 is 5.98. The van der Waals surface area contributed by atoms with E-state index in [0.717, 1.165) is 16.8 Å². The van der Waals surface area contributed by atoms with Crippen molar-refractivity contribution in [2.45, 2.75) is 19.1 Å². The SMILES string of the molecule is O=C(C1COc2ccccc2O1)N1CCc2noc(-c3ccc(Cl)cc3)c2C1. The van der Waals surface area contributed by atoms with Crippen molar-refractivity contribution in [1.29, 1.82) is 0 Å². The van der Waals surface area contributed by atoms with Crippen molar-refractivity contribution in [2.24, 2.45) is 0 Å². The molecular weight excluding hydrogens is 380 g/mol. The minimum Gasteiger partial charge on any atom is -0.485 e. The summed E-state index contributed by atoms with van der Waals surface area (Å²) in [7, 11) is 0. The average molecular weight is 397 g/mol. The number of hydrogen-bond donors (Lipinski definition) is 0. The molecule has 0 saturated carbocycles. The Hall–Kier alpha value is -2.99. The van der Waals surface area contributed by atoms with Crippen LogP contribution in [0.3, 0.4) is 0 Å². The number of benzene rings is 2. The Balaban J connectivity index is 1.36. The quantitative estimate of drug-likeness (QED) is 0.660. The van der Waals surface area contributed by atoms with Crippen molar-refractivity contribution in [3.8, 4) is 22.8 Å². The lowest BCUT2D eigenvalue weighted by atomic mass is 10.0. The zero-order valence-corrected chi connectivity index (χ0v) is 15.7. The van der Waals surface area contributed by atoms with Gasteiger partial charge in [0.05, 0.1) is 12.2 Å². The molecular formula is C21H17ClN2O4. The highest BCUT2D eigenvalue weighted by molar-refractivity contribution is 6.30. The molecule has 0 radical (unpaired) electrons. The zero-order chi connectivity index (χ0) is 19.1. The normalized spacial score (nSPS) is 17.9. The summed E-state index contributed by atoms with van der Waals surface area (Å²) in [6, 6.07) is 14.8. The summed E-state index contributed by atoms with van der Waals surface area (Å²) in [5.74, 6) is 1.84. The maximum absolute atomic E-state index is 13.0. The lowest BCUT2D eigenvalue weighted by molar-refractivity contribution is -0.142. The summed E-state index contributed by atoms with van der Waals surface area (Å²) in [5, 5.41) is 4.85. The van der Waals surface area contributed by atoms with Gasteiger partial charge in [0.15, 0.2) is 17.3 Å². The molecule has 0 N–H and O–H groups in total. The van der Waals surface area contributed by atoms with E-state index >= 15 is 0 Å². The molecule has 6 nitrogen and oxygen atoms in total. The number of halogens is 1. The minimum absolute atomic E-state index is 0.0941. The van der Waals surface area contributed by atoms with Crippen LogP contribution in [-0.2, 0) is 17.8 Å². The minimum atomic E-state index is -0.657. The van der Waals surface area contributed by atoms with E-state index in [4.69, 9.17) is 25.6 Å². The maximum Gasteiger partial charge on any atom is 0.267 e. The van der Waals surface area contributed by atoms with Crippen molar-refractivity contribution in [3.05, 3.63) is 64.8 Å². The van der Waals surface area contributed by atoms with Gasteiger partial charge >= 0.3 is 0 Å². The number of carbonyl (C=O) groups is 1. The van der Waals surface area contributed by atoms with Crippen LogP contribution in [-0.4, -0.2) is 35.2 Å². The molecule has 0 spiro atoms. The van der Waals surface area contributed by atoms with Crippen LogP contribution in [0.25, 0.3) is 11.3 Å². The Labute approximate surface area is 166 Å². The van der Waals surface area contributed by atoms with Gasteiger partial charge in [-0.2, -0.15) is 0 Å². The van der Waals surface area contributed by atoms with Crippen molar-refractivity contribution in [1.82, 2.24) is 10.1 Å². The van der Waals surface area contributed by atoms with Crippen LogP contribution >= 0.6 is 11.6 Å². The lowest BCUT2D eigenvalue weighted by Crippen LogP contribution is -2.47. The first-order chi connectivity index (χ1) is 13.7. The highest BCUT2D eigenvalue weighted by atomic mass is 35.5. The third kappa shape index (κ3) is 2.99. The van der Waals surface area contributed by atoms with Gasteiger partial charge in [0, 0.05) is 29.1 Å². The number of para-hydroxylation sites is 2. The molecule has 0 aliphatic carbocycles. The highest BCUT2D eigenvalue weighted by Gasteiger charge is 2.34. The second-order valence-electron chi connectivity index (χ2n) is 6.82. The first-order valence-electron chi connectivity index (χ1n) is 9.09. The standard InChI is InChI=1S/C21H17ClN2O4/c22-14-7-5-13(6-8-14)20-15-11-24(10-9-16(15)23-28-20)21(25)19-12-26-17-3-1-2-4-18(17)27-19/h1-8,19H,9-12H2. The molecule has 3 aromatic rings. The molecule has 5 rings (SSSR count). The zero-order valence-electron chi connectivity index (χ0n) is 14.9. The van der Waals surface area contributed by atoms with E-state index in [0.29, 0.717) is 41.8 Å². The molecule has 2 aliphatic rings. The van der Waals surface area contributed by atoms with Crippen LogP contribution in [0.2, 0.25) is 5.02 Å². The molecule has 1 unspecified atom stereocenters. The molecule has 1 amide bonds. The van der Waals surface area contributed by atoms with Crippen LogP contribution in [0.1, 0.15) is 11.3 Å². The Morgan fingerprint density at radius 1 is 1.11 bits per heavy atom.